The summed E-state index contributed by atoms with van der Waals surface area (Å²) in [6.07, 6.45) is 3.63. The second-order valence-electron chi connectivity index (χ2n) is 5.97. The Kier molecular flexibility index (Phi) is 3.98. The van der Waals surface area contributed by atoms with Gasteiger partial charge >= 0.3 is 0 Å². The minimum absolute atomic E-state index is 0.199. The first kappa shape index (κ1) is 13.8. The summed E-state index contributed by atoms with van der Waals surface area (Å²) in [6.45, 7) is 4.50. The van der Waals surface area contributed by atoms with Gasteiger partial charge in [0.15, 0.2) is 0 Å². The van der Waals surface area contributed by atoms with Gasteiger partial charge in [-0.1, -0.05) is 25.4 Å². The van der Waals surface area contributed by atoms with Crippen molar-refractivity contribution in [3.63, 3.8) is 0 Å². The van der Waals surface area contributed by atoms with Crippen molar-refractivity contribution in [3.05, 3.63) is 34.6 Å². The van der Waals surface area contributed by atoms with Crippen LogP contribution < -0.4 is 5.73 Å². The predicted molar refractivity (Wildman–Crippen MR) is 74.2 cm³/mol. The van der Waals surface area contributed by atoms with Crippen LogP contribution in [0.1, 0.15) is 38.7 Å². The molecule has 2 N–H and O–H groups in total. The summed E-state index contributed by atoms with van der Waals surface area (Å²) in [5.74, 6) is 1.12. The molecule has 1 nitrogen and oxygen atoms in total. The van der Waals surface area contributed by atoms with Gasteiger partial charge in [0.2, 0.25) is 0 Å². The van der Waals surface area contributed by atoms with E-state index in [1.54, 1.807) is 12.1 Å². The molecule has 0 aliphatic heterocycles. The summed E-state index contributed by atoms with van der Waals surface area (Å²) in [6, 6.07) is 4.71. The molecule has 0 saturated heterocycles. The van der Waals surface area contributed by atoms with E-state index in [1.165, 1.54) is 6.07 Å². The monoisotopic (exact) mass is 269 g/mol. The average molecular weight is 270 g/mol. The van der Waals surface area contributed by atoms with E-state index in [1.807, 2.05) is 0 Å². The third kappa shape index (κ3) is 3.04. The summed E-state index contributed by atoms with van der Waals surface area (Å²) in [5, 5.41) is 0.576. The van der Waals surface area contributed by atoms with Crippen molar-refractivity contribution in [3.8, 4) is 0 Å². The van der Waals surface area contributed by atoms with Gasteiger partial charge in [0.05, 0.1) is 0 Å². The van der Waals surface area contributed by atoms with E-state index in [9.17, 15) is 4.39 Å². The molecule has 1 aromatic carbocycles. The standard InChI is InChI=1S/C15H21ClFN/c1-10-5-6-15(18,8-11(10)2)9-12-7-13(16)3-4-14(12)17/h3-4,7,10-11H,5-6,8-9,18H2,1-2H3. The maximum atomic E-state index is 13.8. The van der Waals surface area contributed by atoms with Crippen LogP contribution in [0.5, 0.6) is 0 Å². The zero-order chi connectivity index (χ0) is 13.3. The summed E-state index contributed by atoms with van der Waals surface area (Å²) < 4.78 is 13.8. The van der Waals surface area contributed by atoms with Gasteiger partial charge in [-0.3, -0.25) is 0 Å². The molecule has 0 bridgehead atoms. The zero-order valence-electron chi connectivity index (χ0n) is 11.0. The van der Waals surface area contributed by atoms with Crippen molar-refractivity contribution in [2.75, 3.05) is 0 Å². The Labute approximate surface area is 114 Å². The molecule has 3 atom stereocenters. The number of nitrogens with two attached hydrogens (primary N) is 1. The summed E-state index contributed by atoms with van der Waals surface area (Å²) in [5.41, 5.74) is 6.82. The maximum absolute atomic E-state index is 13.8. The Bertz CT molecular complexity index is 435. The average Bonchev–Trinajstić information content (AvgIpc) is 2.29. The Morgan fingerprint density at radius 2 is 2.11 bits per heavy atom. The lowest BCUT2D eigenvalue weighted by atomic mass is 9.69. The predicted octanol–water partition coefficient (Wildman–Crippen LogP) is 4.18. The molecule has 1 aliphatic rings. The van der Waals surface area contributed by atoms with E-state index < -0.39 is 0 Å². The minimum Gasteiger partial charge on any atom is -0.325 e. The first-order valence-electron chi connectivity index (χ1n) is 6.62. The molecule has 2 rings (SSSR count). The largest absolute Gasteiger partial charge is 0.325 e. The van der Waals surface area contributed by atoms with Gasteiger partial charge in [-0.05, 0) is 61.3 Å². The minimum atomic E-state index is -0.280. The Morgan fingerprint density at radius 3 is 2.78 bits per heavy atom. The lowest BCUT2D eigenvalue weighted by Gasteiger charge is -2.40. The molecule has 0 aromatic heterocycles. The summed E-state index contributed by atoms with van der Waals surface area (Å²) >= 11 is 5.92. The molecule has 3 heteroatoms. The van der Waals surface area contributed by atoms with Crippen LogP contribution in [-0.4, -0.2) is 5.54 Å². The van der Waals surface area contributed by atoms with Crippen molar-refractivity contribution in [1.29, 1.82) is 0 Å². The number of benzene rings is 1. The van der Waals surface area contributed by atoms with Crippen LogP contribution in [0.4, 0.5) is 4.39 Å². The molecule has 18 heavy (non-hydrogen) atoms. The zero-order valence-corrected chi connectivity index (χ0v) is 11.8. The highest BCUT2D eigenvalue weighted by Crippen LogP contribution is 2.37. The fraction of sp³-hybridized carbons (Fsp3) is 0.600. The molecule has 0 amide bonds. The van der Waals surface area contributed by atoms with Gasteiger partial charge in [-0.25, -0.2) is 4.39 Å². The van der Waals surface area contributed by atoms with Crippen LogP contribution in [-0.2, 0) is 6.42 Å². The molecule has 0 radical (unpaired) electrons. The number of hydrogen-bond acceptors (Lipinski definition) is 1. The van der Waals surface area contributed by atoms with Crippen molar-refractivity contribution >= 4 is 11.6 Å². The van der Waals surface area contributed by atoms with Crippen molar-refractivity contribution in [1.82, 2.24) is 0 Å². The number of rotatable bonds is 2. The quantitative estimate of drug-likeness (QED) is 0.857. The Balaban J connectivity index is 2.15. The van der Waals surface area contributed by atoms with E-state index in [4.69, 9.17) is 17.3 Å². The van der Waals surface area contributed by atoms with E-state index in [-0.39, 0.29) is 11.4 Å². The van der Waals surface area contributed by atoms with Gasteiger partial charge in [0.25, 0.3) is 0 Å². The molecular formula is C15H21ClFN. The highest BCUT2D eigenvalue weighted by atomic mass is 35.5. The van der Waals surface area contributed by atoms with Crippen LogP contribution in [0.2, 0.25) is 5.02 Å². The van der Waals surface area contributed by atoms with Crippen molar-refractivity contribution < 1.29 is 4.39 Å². The second-order valence-corrected chi connectivity index (χ2v) is 6.41. The highest BCUT2D eigenvalue weighted by molar-refractivity contribution is 6.30. The lowest BCUT2D eigenvalue weighted by molar-refractivity contribution is 0.175. The molecule has 1 aliphatic carbocycles. The molecule has 0 spiro atoms. The Hall–Kier alpha value is -0.600. The normalized spacial score (nSPS) is 32.5. The summed E-state index contributed by atoms with van der Waals surface area (Å²) in [4.78, 5) is 0. The van der Waals surface area contributed by atoms with E-state index >= 15 is 0 Å². The maximum Gasteiger partial charge on any atom is 0.126 e. The SMILES string of the molecule is CC1CCC(N)(Cc2cc(Cl)ccc2F)CC1C. The molecule has 100 valence electrons. The van der Waals surface area contributed by atoms with Crippen LogP contribution in [0, 0.1) is 17.7 Å². The summed E-state index contributed by atoms with van der Waals surface area (Å²) in [7, 11) is 0. The fourth-order valence-electron chi connectivity index (χ4n) is 2.96. The first-order chi connectivity index (χ1) is 8.39. The van der Waals surface area contributed by atoms with E-state index in [0.717, 1.165) is 19.3 Å². The molecule has 3 unspecified atom stereocenters. The molecule has 1 aromatic rings. The first-order valence-corrected chi connectivity index (χ1v) is 7.00. The number of halogens is 2. The second kappa shape index (κ2) is 5.18. The smallest absolute Gasteiger partial charge is 0.126 e. The third-order valence-electron chi connectivity index (χ3n) is 4.35. The topological polar surface area (TPSA) is 26.0 Å². The fourth-order valence-corrected chi connectivity index (χ4v) is 3.16. The third-order valence-corrected chi connectivity index (χ3v) is 4.58. The van der Waals surface area contributed by atoms with E-state index in [2.05, 4.69) is 13.8 Å². The van der Waals surface area contributed by atoms with Crippen LogP contribution >= 0.6 is 11.6 Å². The van der Waals surface area contributed by atoms with Gasteiger partial charge in [-0.15, -0.1) is 0 Å². The Morgan fingerprint density at radius 1 is 1.39 bits per heavy atom. The van der Waals surface area contributed by atoms with Crippen LogP contribution in [0.15, 0.2) is 18.2 Å². The molecule has 1 saturated carbocycles. The highest BCUT2D eigenvalue weighted by Gasteiger charge is 2.35. The molecular weight excluding hydrogens is 249 g/mol. The van der Waals surface area contributed by atoms with Crippen molar-refractivity contribution in [2.24, 2.45) is 17.6 Å². The van der Waals surface area contributed by atoms with E-state index in [0.29, 0.717) is 28.8 Å². The van der Waals surface area contributed by atoms with Crippen molar-refractivity contribution in [2.45, 2.75) is 45.1 Å². The lowest BCUT2D eigenvalue weighted by Crippen LogP contribution is -2.47. The van der Waals surface area contributed by atoms with Crippen LogP contribution in [0.3, 0.4) is 0 Å². The van der Waals surface area contributed by atoms with Crippen LogP contribution in [0.25, 0.3) is 0 Å². The molecule has 0 heterocycles. The van der Waals surface area contributed by atoms with Gasteiger partial charge in [0.1, 0.15) is 5.82 Å². The molecule has 1 fully saturated rings. The van der Waals surface area contributed by atoms with Gasteiger partial charge in [0, 0.05) is 10.6 Å². The van der Waals surface area contributed by atoms with Gasteiger partial charge in [-0.2, -0.15) is 0 Å². The van der Waals surface area contributed by atoms with Gasteiger partial charge < -0.3 is 5.73 Å². The number of hydrogen-bond donors (Lipinski definition) is 1.